The SMILES string of the molecule is CCSC(=S)N1[C@H](CO)Cc2c([nH]c3ccccc23)[C@@H]1C. The number of nitrogens with one attached hydrogen (secondary N) is 1. The summed E-state index contributed by atoms with van der Waals surface area (Å²) in [6, 6.07) is 8.62. The normalized spacial score (nSPS) is 21.6. The van der Waals surface area contributed by atoms with E-state index in [1.165, 1.54) is 22.2 Å². The Hall–Kier alpha value is -1.04. The lowest BCUT2D eigenvalue weighted by Gasteiger charge is -2.41. The van der Waals surface area contributed by atoms with Crippen LogP contribution >= 0.6 is 24.0 Å². The molecule has 0 saturated heterocycles. The van der Waals surface area contributed by atoms with Gasteiger partial charge in [0, 0.05) is 16.6 Å². The number of aromatic amines is 1. The molecule has 1 aromatic heterocycles. The fourth-order valence-corrected chi connectivity index (χ4v) is 4.61. The highest BCUT2D eigenvalue weighted by atomic mass is 32.2. The van der Waals surface area contributed by atoms with Gasteiger partial charge in [0.25, 0.3) is 0 Å². The summed E-state index contributed by atoms with van der Waals surface area (Å²) in [7, 11) is 0. The van der Waals surface area contributed by atoms with E-state index < -0.39 is 0 Å². The van der Waals surface area contributed by atoms with Crippen molar-refractivity contribution < 1.29 is 5.11 Å². The zero-order chi connectivity index (χ0) is 15.0. The molecule has 3 nitrogen and oxygen atoms in total. The highest BCUT2D eigenvalue weighted by Crippen LogP contribution is 2.38. The van der Waals surface area contributed by atoms with E-state index in [1.54, 1.807) is 11.8 Å². The van der Waals surface area contributed by atoms with Crippen LogP contribution < -0.4 is 0 Å². The van der Waals surface area contributed by atoms with E-state index in [0.717, 1.165) is 16.5 Å². The summed E-state index contributed by atoms with van der Waals surface area (Å²) >= 11 is 7.24. The van der Waals surface area contributed by atoms with E-state index in [4.69, 9.17) is 12.2 Å². The van der Waals surface area contributed by atoms with Crippen molar-refractivity contribution in [2.24, 2.45) is 0 Å². The van der Waals surface area contributed by atoms with Gasteiger partial charge in [0.05, 0.1) is 18.7 Å². The number of aliphatic hydroxyl groups is 1. The lowest BCUT2D eigenvalue weighted by atomic mass is 9.93. The third-order valence-corrected chi connectivity index (χ3v) is 5.52. The van der Waals surface area contributed by atoms with E-state index in [-0.39, 0.29) is 18.7 Å². The van der Waals surface area contributed by atoms with Gasteiger partial charge in [-0.3, -0.25) is 0 Å². The Morgan fingerprint density at radius 1 is 1.48 bits per heavy atom. The second kappa shape index (κ2) is 5.99. The van der Waals surface area contributed by atoms with Gasteiger partial charge in [-0.05, 0) is 30.7 Å². The number of thioether (sulfide) groups is 1. The predicted octanol–water partition coefficient (Wildman–Crippen LogP) is 3.49. The molecule has 112 valence electrons. The number of H-pyrrole nitrogens is 1. The summed E-state index contributed by atoms with van der Waals surface area (Å²) in [5.41, 5.74) is 3.74. The molecule has 0 aliphatic carbocycles. The lowest BCUT2D eigenvalue weighted by Crippen LogP contribution is -2.46. The number of hydrogen-bond acceptors (Lipinski definition) is 3. The summed E-state index contributed by atoms with van der Waals surface area (Å²) in [6.45, 7) is 4.40. The average molecular weight is 320 g/mol. The number of aromatic nitrogens is 1. The molecule has 1 aromatic carbocycles. The zero-order valence-corrected chi connectivity index (χ0v) is 13.9. The Morgan fingerprint density at radius 3 is 2.95 bits per heavy atom. The smallest absolute Gasteiger partial charge is 0.137 e. The first-order chi connectivity index (χ1) is 10.2. The summed E-state index contributed by atoms with van der Waals surface area (Å²) in [4.78, 5) is 5.74. The van der Waals surface area contributed by atoms with Crippen LogP contribution in [0.2, 0.25) is 0 Å². The Morgan fingerprint density at radius 2 is 2.24 bits per heavy atom. The van der Waals surface area contributed by atoms with E-state index in [0.29, 0.717) is 0 Å². The fraction of sp³-hybridized carbons (Fsp3) is 0.438. The first-order valence-corrected chi connectivity index (χ1v) is 8.72. The molecule has 2 N–H and O–H groups in total. The van der Waals surface area contributed by atoms with Crippen LogP contribution in [0, 0.1) is 0 Å². The second-order valence-corrected chi connectivity index (χ2v) is 7.28. The molecule has 0 spiro atoms. The van der Waals surface area contributed by atoms with Gasteiger partial charge in [0.2, 0.25) is 0 Å². The van der Waals surface area contributed by atoms with Gasteiger partial charge in [-0.1, -0.05) is 49.1 Å². The van der Waals surface area contributed by atoms with Gasteiger partial charge in [0.1, 0.15) is 4.32 Å². The monoisotopic (exact) mass is 320 g/mol. The first-order valence-electron chi connectivity index (χ1n) is 7.32. The Balaban J connectivity index is 2.06. The quantitative estimate of drug-likeness (QED) is 0.831. The molecule has 0 bridgehead atoms. The summed E-state index contributed by atoms with van der Waals surface area (Å²) in [5, 5.41) is 11.1. The molecular formula is C16H20N2OS2. The minimum atomic E-state index is 0.0678. The minimum Gasteiger partial charge on any atom is -0.394 e. The Kier molecular flexibility index (Phi) is 4.24. The van der Waals surface area contributed by atoms with E-state index in [1.807, 2.05) is 6.07 Å². The highest BCUT2D eigenvalue weighted by molar-refractivity contribution is 8.22. The van der Waals surface area contributed by atoms with Crippen LogP contribution in [-0.2, 0) is 6.42 Å². The molecular weight excluding hydrogens is 300 g/mol. The van der Waals surface area contributed by atoms with Crippen molar-refractivity contribution in [3.05, 3.63) is 35.5 Å². The average Bonchev–Trinajstić information content (AvgIpc) is 2.86. The van der Waals surface area contributed by atoms with Gasteiger partial charge in [-0.2, -0.15) is 0 Å². The van der Waals surface area contributed by atoms with Crippen molar-refractivity contribution in [1.82, 2.24) is 9.88 Å². The maximum atomic E-state index is 9.81. The number of rotatable bonds is 2. The zero-order valence-electron chi connectivity index (χ0n) is 12.3. The number of thiocarbonyl (C=S) groups is 1. The second-order valence-electron chi connectivity index (χ2n) is 5.39. The molecule has 0 radical (unpaired) electrons. The highest BCUT2D eigenvalue weighted by Gasteiger charge is 2.35. The molecule has 2 atom stereocenters. The van der Waals surface area contributed by atoms with Crippen molar-refractivity contribution in [2.45, 2.75) is 32.4 Å². The largest absolute Gasteiger partial charge is 0.394 e. The Labute approximate surface area is 134 Å². The predicted molar refractivity (Wildman–Crippen MR) is 93.9 cm³/mol. The van der Waals surface area contributed by atoms with Crippen molar-refractivity contribution in [3.8, 4) is 0 Å². The number of fused-ring (bicyclic) bond motifs is 3. The summed E-state index contributed by atoms with van der Waals surface area (Å²) < 4.78 is 0.883. The van der Waals surface area contributed by atoms with E-state index in [9.17, 15) is 5.11 Å². The van der Waals surface area contributed by atoms with Crippen LogP contribution in [0.5, 0.6) is 0 Å². The maximum Gasteiger partial charge on any atom is 0.137 e. The molecule has 2 heterocycles. The van der Waals surface area contributed by atoms with Gasteiger partial charge >= 0.3 is 0 Å². The van der Waals surface area contributed by atoms with E-state index in [2.05, 4.69) is 41.9 Å². The van der Waals surface area contributed by atoms with Gasteiger partial charge in [0.15, 0.2) is 0 Å². The van der Waals surface area contributed by atoms with Gasteiger partial charge < -0.3 is 15.0 Å². The van der Waals surface area contributed by atoms with Crippen molar-refractivity contribution >= 4 is 39.2 Å². The first kappa shape index (κ1) is 14.9. The van der Waals surface area contributed by atoms with Crippen LogP contribution in [0.1, 0.15) is 31.1 Å². The summed E-state index contributed by atoms with van der Waals surface area (Å²) in [6.07, 6.45) is 0.838. The molecule has 2 aromatic rings. The fourth-order valence-electron chi connectivity index (χ4n) is 3.24. The number of para-hydroxylation sites is 1. The molecule has 0 unspecified atom stereocenters. The van der Waals surface area contributed by atoms with Crippen LogP contribution in [0.25, 0.3) is 10.9 Å². The van der Waals surface area contributed by atoms with Gasteiger partial charge in [-0.25, -0.2) is 0 Å². The molecule has 5 heteroatoms. The molecule has 0 amide bonds. The third-order valence-electron chi connectivity index (χ3n) is 4.20. The molecule has 0 fully saturated rings. The molecule has 0 saturated carbocycles. The number of benzene rings is 1. The van der Waals surface area contributed by atoms with Gasteiger partial charge in [-0.15, -0.1) is 0 Å². The Bertz CT molecular complexity index is 667. The molecule has 3 rings (SSSR count). The molecule has 1 aliphatic heterocycles. The molecule has 21 heavy (non-hydrogen) atoms. The number of hydrogen-bond donors (Lipinski definition) is 2. The third kappa shape index (κ3) is 2.47. The van der Waals surface area contributed by atoms with Crippen LogP contribution in [-0.4, -0.2) is 37.7 Å². The standard InChI is InChI=1S/C16H20N2OS2/c1-3-21-16(20)18-10(2)15-13(8-11(18)9-19)12-6-4-5-7-14(12)17-15/h4-7,10-11,17,19H,3,8-9H2,1-2H3/t10-,11-/m0/s1. The topological polar surface area (TPSA) is 39.3 Å². The van der Waals surface area contributed by atoms with Crippen LogP contribution in [0.4, 0.5) is 0 Å². The number of nitrogens with zero attached hydrogens (tertiary/aromatic N) is 1. The van der Waals surface area contributed by atoms with Crippen LogP contribution in [0.15, 0.2) is 24.3 Å². The maximum absolute atomic E-state index is 9.81. The van der Waals surface area contributed by atoms with Crippen molar-refractivity contribution in [2.75, 3.05) is 12.4 Å². The van der Waals surface area contributed by atoms with Crippen molar-refractivity contribution in [1.29, 1.82) is 0 Å². The lowest BCUT2D eigenvalue weighted by molar-refractivity contribution is 0.146. The van der Waals surface area contributed by atoms with Crippen molar-refractivity contribution in [3.63, 3.8) is 0 Å². The number of aliphatic hydroxyl groups excluding tert-OH is 1. The van der Waals surface area contributed by atoms with Crippen LogP contribution in [0.3, 0.4) is 0 Å². The van der Waals surface area contributed by atoms with E-state index >= 15 is 0 Å². The molecule has 1 aliphatic rings. The summed E-state index contributed by atoms with van der Waals surface area (Å²) in [5.74, 6) is 0.958. The minimum absolute atomic E-state index is 0.0678.